The van der Waals surface area contributed by atoms with Crippen molar-refractivity contribution in [2.45, 2.75) is 13.0 Å². The number of nitrogens with zero attached hydrogens (tertiary/aromatic N) is 4. The van der Waals surface area contributed by atoms with Crippen LogP contribution in [0.4, 0.5) is 16.6 Å². The van der Waals surface area contributed by atoms with Crippen molar-refractivity contribution < 1.29 is 4.79 Å². The summed E-state index contributed by atoms with van der Waals surface area (Å²) in [6.07, 6.45) is 0. The number of carbonyl (C=O) groups is 1. The van der Waals surface area contributed by atoms with Crippen LogP contribution < -0.4 is 21.5 Å². The van der Waals surface area contributed by atoms with Crippen LogP contribution >= 0.6 is 0 Å². The summed E-state index contributed by atoms with van der Waals surface area (Å²) < 4.78 is 0. The average Bonchev–Trinajstić information content (AvgIpc) is 2.79. The first kappa shape index (κ1) is 12.0. The fourth-order valence-electron chi connectivity index (χ4n) is 2.59. The second kappa shape index (κ2) is 4.54. The van der Waals surface area contributed by atoms with Crippen LogP contribution in [0.15, 0.2) is 6.07 Å². The molecule has 19 heavy (non-hydrogen) atoms. The highest BCUT2D eigenvalue weighted by atomic mass is 16.2. The lowest BCUT2D eigenvalue weighted by molar-refractivity contribution is 0.197. The SMILES string of the molecule is Cc1cc(N2CCN3C(=O)NCC3C2)nc(NN)n1. The first-order chi connectivity index (χ1) is 9.17. The van der Waals surface area contributed by atoms with Crippen LogP contribution in [0, 0.1) is 6.92 Å². The van der Waals surface area contributed by atoms with E-state index in [9.17, 15) is 4.79 Å². The Balaban J connectivity index is 1.80. The highest BCUT2D eigenvalue weighted by Crippen LogP contribution is 2.20. The number of urea groups is 1. The van der Waals surface area contributed by atoms with Gasteiger partial charge >= 0.3 is 6.03 Å². The molecule has 1 aromatic heterocycles. The topological polar surface area (TPSA) is 99.4 Å². The molecule has 0 spiro atoms. The van der Waals surface area contributed by atoms with Crippen molar-refractivity contribution in [1.29, 1.82) is 0 Å². The molecule has 0 bridgehead atoms. The van der Waals surface area contributed by atoms with Crippen molar-refractivity contribution in [2.75, 3.05) is 36.5 Å². The summed E-state index contributed by atoms with van der Waals surface area (Å²) in [5.41, 5.74) is 3.34. The number of piperazine rings is 1. The third-order valence-electron chi connectivity index (χ3n) is 3.53. The summed E-state index contributed by atoms with van der Waals surface area (Å²) in [6.45, 7) is 4.86. The number of rotatable bonds is 2. The zero-order valence-electron chi connectivity index (χ0n) is 10.8. The van der Waals surface area contributed by atoms with Crippen LogP contribution in [-0.2, 0) is 0 Å². The van der Waals surface area contributed by atoms with Gasteiger partial charge in [-0.15, -0.1) is 0 Å². The lowest BCUT2D eigenvalue weighted by Crippen LogP contribution is -2.52. The zero-order valence-corrected chi connectivity index (χ0v) is 10.8. The van der Waals surface area contributed by atoms with Crippen molar-refractivity contribution in [3.8, 4) is 0 Å². The fraction of sp³-hybridized carbons (Fsp3) is 0.545. The Labute approximate surface area is 111 Å². The monoisotopic (exact) mass is 263 g/mol. The second-order valence-electron chi connectivity index (χ2n) is 4.81. The van der Waals surface area contributed by atoms with Gasteiger partial charge in [0, 0.05) is 37.9 Å². The van der Waals surface area contributed by atoms with E-state index < -0.39 is 0 Å². The van der Waals surface area contributed by atoms with Gasteiger partial charge in [-0.1, -0.05) is 0 Å². The maximum atomic E-state index is 11.6. The molecule has 3 rings (SSSR count). The lowest BCUT2D eigenvalue weighted by atomic mass is 10.2. The normalized spacial score (nSPS) is 22.2. The van der Waals surface area contributed by atoms with E-state index in [1.165, 1.54) is 0 Å². The van der Waals surface area contributed by atoms with Gasteiger partial charge in [-0.25, -0.2) is 15.6 Å². The van der Waals surface area contributed by atoms with Crippen LogP contribution in [0.2, 0.25) is 0 Å². The van der Waals surface area contributed by atoms with Crippen molar-refractivity contribution >= 4 is 17.8 Å². The van der Waals surface area contributed by atoms with Crippen molar-refractivity contribution in [3.05, 3.63) is 11.8 Å². The summed E-state index contributed by atoms with van der Waals surface area (Å²) in [6, 6.07) is 2.18. The minimum atomic E-state index is 0.0350. The minimum absolute atomic E-state index is 0.0350. The van der Waals surface area contributed by atoms with Gasteiger partial charge in [0.05, 0.1) is 6.04 Å². The first-order valence-electron chi connectivity index (χ1n) is 6.29. The van der Waals surface area contributed by atoms with E-state index in [-0.39, 0.29) is 12.1 Å². The Kier molecular flexibility index (Phi) is 2.86. The number of nitrogen functional groups attached to an aromatic ring is 1. The molecular weight excluding hydrogens is 246 g/mol. The van der Waals surface area contributed by atoms with E-state index in [4.69, 9.17) is 5.84 Å². The Morgan fingerprint density at radius 3 is 3.11 bits per heavy atom. The summed E-state index contributed by atoms with van der Waals surface area (Å²) in [5.74, 6) is 6.63. The summed E-state index contributed by atoms with van der Waals surface area (Å²) in [7, 11) is 0. The molecule has 2 fully saturated rings. The highest BCUT2D eigenvalue weighted by Gasteiger charge is 2.35. The van der Waals surface area contributed by atoms with Crippen LogP contribution in [0.25, 0.3) is 0 Å². The fourth-order valence-corrected chi connectivity index (χ4v) is 2.59. The molecule has 0 aliphatic carbocycles. The Morgan fingerprint density at radius 1 is 1.47 bits per heavy atom. The maximum absolute atomic E-state index is 11.6. The van der Waals surface area contributed by atoms with Crippen LogP contribution in [0.3, 0.4) is 0 Å². The Hall–Kier alpha value is -2.09. The van der Waals surface area contributed by atoms with E-state index in [1.54, 1.807) is 0 Å². The van der Waals surface area contributed by atoms with E-state index in [0.29, 0.717) is 19.0 Å². The number of amides is 2. The second-order valence-corrected chi connectivity index (χ2v) is 4.81. The van der Waals surface area contributed by atoms with Gasteiger partial charge in [-0.05, 0) is 6.92 Å². The summed E-state index contributed by atoms with van der Waals surface area (Å²) in [5, 5.41) is 2.86. The maximum Gasteiger partial charge on any atom is 0.317 e. The van der Waals surface area contributed by atoms with Gasteiger partial charge in [0.2, 0.25) is 5.95 Å². The van der Waals surface area contributed by atoms with Crippen molar-refractivity contribution in [3.63, 3.8) is 0 Å². The van der Waals surface area contributed by atoms with Gasteiger partial charge in [0.1, 0.15) is 5.82 Å². The average molecular weight is 263 g/mol. The van der Waals surface area contributed by atoms with E-state index in [0.717, 1.165) is 24.6 Å². The molecule has 2 saturated heterocycles. The smallest absolute Gasteiger partial charge is 0.317 e. The largest absolute Gasteiger partial charge is 0.353 e. The molecule has 102 valence electrons. The number of carbonyl (C=O) groups excluding carboxylic acids is 1. The number of nitrogens with one attached hydrogen (secondary N) is 2. The quantitative estimate of drug-likeness (QED) is 0.481. The molecule has 0 saturated carbocycles. The molecular formula is C11H17N7O. The van der Waals surface area contributed by atoms with Gasteiger partial charge in [-0.3, -0.25) is 5.43 Å². The van der Waals surface area contributed by atoms with Gasteiger partial charge in [0.25, 0.3) is 0 Å². The van der Waals surface area contributed by atoms with Gasteiger partial charge < -0.3 is 15.1 Å². The third kappa shape index (κ3) is 2.14. The minimum Gasteiger partial charge on any atom is -0.353 e. The predicted molar refractivity (Wildman–Crippen MR) is 70.7 cm³/mol. The van der Waals surface area contributed by atoms with Gasteiger partial charge in [-0.2, -0.15) is 4.98 Å². The molecule has 0 radical (unpaired) electrons. The molecule has 2 amide bonds. The van der Waals surface area contributed by atoms with E-state index in [1.807, 2.05) is 17.9 Å². The third-order valence-corrected chi connectivity index (χ3v) is 3.53. The molecule has 1 unspecified atom stereocenters. The molecule has 0 aromatic carbocycles. The van der Waals surface area contributed by atoms with Crippen molar-refractivity contribution in [1.82, 2.24) is 20.2 Å². The Bertz CT molecular complexity index is 506. The van der Waals surface area contributed by atoms with Crippen LogP contribution in [-0.4, -0.2) is 53.1 Å². The molecule has 8 nitrogen and oxygen atoms in total. The molecule has 3 heterocycles. The Morgan fingerprint density at radius 2 is 2.32 bits per heavy atom. The van der Waals surface area contributed by atoms with E-state index >= 15 is 0 Å². The number of anilines is 2. The van der Waals surface area contributed by atoms with E-state index in [2.05, 4.69) is 25.6 Å². The number of hydrogen-bond acceptors (Lipinski definition) is 6. The number of hydrogen-bond donors (Lipinski definition) is 3. The van der Waals surface area contributed by atoms with Gasteiger partial charge in [0.15, 0.2) is 0 Å². The number of aromatic nitrogens is 2. The number of aryl methyl sites for hydroxylation is 1. The molecule has 4 N–H and O–H groups in total. The van der Waals surface area contributed by atoms with Crippen LogP contribution in [0.5, 0.6) is 0 Å². The molecule has 1 atom stereocenters. The molecule has 1 aromatic rings. The summed E-state index contributed by atoms with van der Waals surface area (Å²) in [4.78, 5) is 24.1. The summed E-state index contributed by atoms with van der Waals surface area (Å²) >= 11 is 0. The standard InChI is InChI=1S/C11H17N7O/c1-7-4-9(15-10(14-7)16-12)17-2-3-18-8(6-17)5-13-11(18)19/h4,8H,2-3,5-6,12H2,1H3,(H,13,19)(H,14,15,16). The highest BCUT2D eigenvalue weighted by molar-refractivity contribution is 5.77. The lowest BCUT2D eigenvalue weighted by Gasteiger charge is -2.37. The zero-order chi connectivity index (χ0) is 13.4. The number of hydrazine groups is 1. The molecule has 2 aliphatic rings. The predicted octanol–water partition coefficient (Wildman–Crippen LogP) is -0.716. The van der Waals surface area contributed by atoms with Crippen LogP contribution in [0.1, 0.15) is 5.69 Å². The molecule has 8 heteroatoms. The number of fused-ring (bicyclic) bond motifs is 1. The molecule has 2 aliphatic heterocycles. The first-order valence-corrected chi connectivity index (χ1v) is 6.29. The van der Waals surface area contributed by atoms with Crippen molar-refractivity contribution in [2.24, 2.45) is 5.84 Å². The number of nitrogens with two attached hydrogens (primary N) is 1.